The van der Waals surface area contributed by atoms with E-state index in [0.29, 0.717) is 27.8 Å². The normalized spacial score (nSPS) is 10.6. The first-order chi connectivity index (χ1) is 12.5. The number of rotatable bonds is 5. The molecule has 0 saturated heterocycles. The summed E-state index contributed by atoms with van der Waals surface area (Å²) < 4.78 is 11.0. The number of ether oxygens (including phenoxy) is 1. The van der Waals surface area contributed by atoms with Crippen LogP contribution < -0.4 is 10.1 Å². The van der Waals surface area contributed by atoms with E-state index in [9.17, 15) is 4.79 Å². The van der Waals surface area contributed by atoms with Gasteiger partial charge in [-0.3, -0.25) is 4.79 Å². The molecule has 2 aromatic carbocycles. The van der Waals surface area contributed by atoms with E-state index in [-0.39, 0.29) is 12.5 Å². The first-order valence-electron chi connectivity index (χ1n) is 8.17. The van der Waals surface area contributed by atoms with E-state index in [2.05, 4.69) is 10.5 Å². The number of carbonyl (C=O) groups is 1. The van der Waals surface area contributed by atoms with Gasteiger partial charge in [0.1, 0.15) is 18.1 Å². The summed E-state index contributed by atoms with van der Waals surface area (Å²) in [6.45, 7) is 5.83. The van der Waals surface area contributed by atoms with Gasteiger partial charge < -0.3 is 14.6 Å². The van der Waals surface area contributed by atoms with Gasteiger partial charge in [0, 0.05) is 10.7 Å². The van der Waals surface area contributed by atoms with Crippen molar-refractivity contribution < 1.29 is 14.1 Å². The molecule has 0 saturated carbocycles. The molecule has 3 rings (SSSR count). The zero-order valence-electron chi connectivity index (χ0n) is 14.8. The lowest BCUT2D eigenvalue weighted by atomic mass is 10.1. The van der Waals surface area contributed by atoms with Gasteiger partial charge in [0.25, 0.3) is 5.91 Å². The number of benzene rings is 2. The second-order valence-corrected chi connectivity index (χ2v) is 6.36. The van der Waals surface area contributed by atoms with Crippen LogP contribution in [-0.2, 0) is 6.61 Å². The van der Waals surface area contributed by atoms with Crippen LogP contribution in [0.4, 0.5) is 5.69 Å². The third-order valence-corrected chi connectivity index (χ3v) is 4.61. The molecule has 1 N–H and O–H groups in total. The van der Waals surface area contributed by atoms with E-state index in [1.807, 2.05) is 32.9 Å². The number of hydrogen-bond donors (Lipinski definition) is 1. The van der Waals surface area contributed by atoms with Gasteiger partial charge in [-0.15, -0.1) is 0 Å². The van der Waals surface area contributed by atoms with Crippen molar-refractivity contribution in [2.75, 3.05) is 5.32 Å². The lowest BCUT2D eigenvalue weighted by Gasteiger charge is -2.13. The van der Waals surface area contributed by atoms with Crippen molar-refractivity contribution >= 4 is 23.2 Å². The molecule has 0 fully saturated rings. The van der Waals surface area contributed by atoms with Crippen molar-refractivity contribution in [2.45, 2.75) is 27.4 Å². The maximum Gasteiger partial charge on any atom is 0.259 e. The number of para-hydroxylation sites is 1. The average molecular weight is 371 g/mol. The summed E-state index contributed by atoms with van der Waals surface area (Å²) in [4.78, 5) is 12.7. The molecule has 5 nitrogen and oxygen atoms in total. The van der Waals surface area contributed by atoms with Crippen LogP contribution in [-0.4, -0.2) is 11.1 Å². The van der Waals surface area contributed by atoms with Crippen molar-refractivity contribution in [1.29, 1.82) is 0 Å². The Morgan fingerprint density at radius 1 is 1.15 bits per heavy atom. The number of halogens is 1. The number of anilines is 1. The van der Waals surface area contributed by atoms with Gasteiger partial charge in [-0.1, -0.05) is 35.0 Å². The Morgan fingerprint density at radius 3 is 2.65 bits per heavy atom. The fourth-order valence-corrected chi connectivity index (χ4v) is 2.75. The summed E-state index contributed by atoms with van der Waals surface area (Å²) in [5, 5.41) is 7.40. The van der Waals surface area contributed by atoms with E-state index in [1.165, 1.54) is 0 Å². The molecule has 26 heavy (non-hydrogen) atoms. The minimum Gasteiger partial charge on any atom is -0.488 e. The maximum atomic E-state index is 12.7. The molecule has 3 aromatic rings. The Morgan fingerprint density at radius 2 is 1.92 bits per heavy atom. The third kappa shape index (κ3) is 3.73. The number of aromatic nitrogens is 1. The zero-order valence-corrected chi connectivity index (χ0v) is 15.6. The fraction of sp³-hybridized carbons (Fsp3) is 0.200. The molecule has 0 radical (unpaired) electrons. The highest BCUT2D eigenvalue weighted by atomic mass is 35.5. The highest BCUT2D eigenvalue weighted by Gasteiger charge is 2.16. The van der Waals surface area contributed by atoms with E-state index >= 15 is 0 Å². The second-order valence-electron chi connectivity index (χ2n) is 5.95. The average Bonchev–Trinajstić information content (AvgIpc) is 2.95. The number of nitrogens with zero attached hydrogens (tertiary/aromatic N) is 1. The number of aryl methyl sites for hydroxylation is 2. The third-order valence-electron chi connectivity index (χ3n) is 4.20. The summed E-state index contributed by atoms with van der Waals surface area (Å²) in [5.41, 5.74) is 3.59. The van der Waals surface area contributed by atoms with Gasteiger partial charge in [0.05, 0.1) is 16.8 Å². The Bertz CT molecular complexity index is 930. The Labute approximate surface area is 156 Å². The first kappa shape index (κ1) is 18.0. The van der Waals surface area contributed by atoms with Crippen molar-refractivity contribution in [3.8, 4) is 5.75 Å². The number of nitrogens with one attached hydrogen (secondary N) is 1. The van der Waals surface area contributed by atoms with Gasteiger partial charge in [0.15, 0.2) is 0 Å². The smallest absolute Gasteiger partial charge is 0.259 e. The number of amides is 1. The molecule has 1 heterocycles. The van der Waals surface area contributed by atoms with Crippen LogP contribution in [0.15, 0.2) is 47.0 Å². The zero-order chi connectivity index (χ0) is 18.7. The minimum absolute atomic E-state index is 0.260. The quantitative estimate of drug-likeness (QED) is 0.679. The van der Waals surface area contributed by atoms with E-state index in [1.54, 1.807) is 30.3 Å². The summed E-state index contributed by atoms with van der Waals surface area (Å²) in [6.07, 6.45) is 0. The Hall–Kier alpha value is -2.79. The molecular weight excluding hydrogens is 352 g/mol. The predicted octanol–water partition coefficient (Wildman–Crippen LogP) is 5.08. The van der Waals surface area contributed by atoms with Crippen LogP contribution in [0.1, 0.15) is 32.9 Å². The molecule has 134 valence electrons. The highest BCUT2D eigenvalue weighted by molar-refractivity contribution is 6.31. The second kappa shape index (κ2) is 7.62. The van der Waals surface area contributed by atoms with E-state index in [0.717, 1.165) is 16.8 Å². The molecule has 1 aromatic heterocycles. The van der Waals surface area contributed by atoms with Crippen molar-refractivity contribution in [3.63, 3.8) is 0 Å². The monoisotopic (exact) mass is 370 g/mol. The Balaban J connectivity index is 1.80. The molecule has 0 atom stereocenters. The lowest BCUT2D eigenvalue weighted by Crippen LogP contribution is -2.14. The van der Waals surface area contributed by atoms with E-state index < -0.39 is 0 Å². The fourth-order valence-electron chi connectivity index (χ4n) is 2.57. The van der Waals surface area contributed by atoms with Crippen LogP contribution in [0.3, 0.4) is 0 Å². The summed E-state index contributed by atoms with van der Waals surface area (Å²) in [6, 6.07) is 12.5. The standard InChI is InChI=1S/C20H19ClN2O3/c1-12-17(21)8-6-9-18(12)22-20(24)15-7-4-5-10-19(15)25-11-16-13(2)23-26-14(16)3/h4-10H,11H2,1-3H3,(H,22,24). The van der Waals surface area contributed by atoms with Crippen LogP contribution in [0.5, 0.6) is 5.75 Å². The van der Waals surface area contributed by atoms with Gasteiger partial charge in [0.2, 0.25) is 0 Å². The van der Waals surface area contributed by atoms with Crippen LogP contribution in [0.25, 0.3) is 0 Å². The van der Waals surface area contributed by atoms with Gasteiger partial charge in [-0.2, -0.15) is 0 Å². The van der Waals surface area contributed by atoms with Gasteiger partial charge in [-0.05, 0) is 50.6 Å². The molecule has 6 heteroatoms. The van der Waals surface area contributed by atoms with Crippen molar-refractivity contribution in [1.82, 2.24) is 5.16 Å². The largest absolute Gasteiger partial charge is 0.488 e. The summed E-state index contributed by atoms with van der Waals surface area (Å²) in [5.74, 6) is 0.938. The molecule has 0 aliphatic heterocycles. The molecule has 0 unspecified atom stereocenters. The first-order valence-corrected chi connectivity index (χ1v) is 8.55. The van der Waals surface area contributed by atoms with Gasteiger partial charge in [-0.25, -0.2) is 0 Å². The SMILES string of the molecule is Cc1noc(C)c1COc1ccccc1C(=O)Nc1cccc(Cl)c1C. The van der Waals surface area contributed by atoms with Crippen LogP contribution >= 0.6 is 11.6 Å². The Kier molecular flexibility index (Phi) is 5.28. The molecule has 0 bridgehead atoms. The van der Waals surface area contributed by atoms with Crippen LogP contribution in [0, 0.1) is 20.8 Å². The van der Waals surface area contributed by atoms with Crippen molar-refractivity contribution in [2.24, 2.45) is 0 Å². The number of carbonyl (C=O) groups excluding carboxylic acids is 1. The topological polar surface area (TPSA) is 64.4 Å². The molecule has 1 amide bonds. The maximum absolute atomic E-state index is 12.7. The minimum atomic E-state index is -0.260. The molecule has 0 aliphatic rings. The van der Waals surface area contributed by atoms with Crippen LogP contribution in [0.2, 0.25) is 5.02 Å². The predicted molar refractivity (Wildman–Crippen MR) is 101 cm³/mol. The molecule has 0 aliphatic carbocycles. The molecule has 0 spiro atoms. The molecular formula is C20H19ClN2O3. The summed E-state index contributed by atoms with van der Waals surface area (Å²) in [7, 11) is 0. The highest BCUT2D eigenvalue weighted by Crippen LogP contribution is 2.26. The summed E-state index contributed by atoms with van der Waals surface area (Å²) >= 11 is 6.12. The van der Waals surface area contributed by atoms with Gasteiger partial charge >= 0.3 is 0 Å². The number of hydrogen-bond acceptors (Lipinski definition) is 4. The lowest BCUT2D eigenvalue weighted by molar-refractivity contribution is 0.102. The van der Waals surface area contributed by atoms with E-state index in [4.69, 9.17) is 20.9 Å². The van der Waals surface area contributed by atoms with Crippen molar-refractivity contribution in [3.05, 3.63) is 75.6 Å².